The van der Waals surface area contributed by atoms with Gasteiger partial charge in [0.25, 0.3) is 0 Å². The summed E-state index contributed by atoms with van der Waals surface area (Å²) in [6.07, 6.45) is 4.55. The van der Waals surface area contributed by atoms with Crippen molar-refractivity contribution in [1.29, 1.82) is 0 Å². The minimum Gasteiger partial charge on any atom is -0.389 e. The van der Waals surface area contributed by atoms with E-state index in [1.54, 1.807) is 4.68 Å². The zero-order valence-electron chi connectivity index (χ0n) is 9.63. The van der Waals surface area contributed by atoms with Gasteiger partial charge in [-0.25, -0.2) is 0 Å². The largest absolute Gasteiger partial charge is 0.389 e. The molecule has 3 heterocycles. The maximum absolute atomic E-state index is 10.7. The summed E-state index contributed by atoms with van der Waals surface area (Å²) < 4.78 is 1.70. The van der Waals surface area contributed by atoms with E-state index in [1.165, 1.54) is 0 Å². The van der Waals surface area contributed by atoms with Gasteiger partial charge in [0, 0.05) is 38.7 Å². The molecule has 88 valence electrons. The van der Waals surface area contributed by atoms with E-state index in [4.69, 9.17) is 0 Å². The average Bonchev–Trinajstić information content (AvgIpc) is 2.82. The highest BCUT2D eigenvalue weighted by Crippen LogP contribution is 2.37. The van der Waals surface area contributed by atoms with Crippen molar-refractivity contribution in [3.05, 3.63) is 11.9 Å². The molecule has 0 radical (unpaired) electrons. The van der Waals surface area contributed by atoms with Crippen molar-refractivity contribution < 1.29 is 5.11 Å². The molecule has 0 aliphatic carbocycles. The highest BCUT2D eigenvalue weighted by Gasteiger charge is 2.45. The van der Waals surface area contributed by atoms with Gasteiger partial charge in [-0.15, -0.1) is 5.10 Å². The summed E-state index contributed by atoms with van der Waals surface area (Å²) in [6.45, 7) is 3.22. The third-order valence-electron chi connectivity index (χ3n) is 4.03. The molecule has 0 amide bonds. The van der Waals surface area contributed by atoms with E-state index in [1.807, 2.05) is 13.2 Å². The number of fused-ring (bicyclic) bond motifs is 2. The Labute approximate surface area is 95.1 Å². The van der Waals surface area contributed by atoms with Crippen LogP contribution in [0.5, 0.6) is 0 Å². The van der Waals surface area contributed by atoms with E-state index in [0.717, 1.165) is 38.2 Å². The van der Waals surface area contributed by atoms with Crippen molar-refractivity contribution in [2.24, 2.45) is 13.0 Å². The van der Waals surface area contributed by atoms with Crippen LogP contribution in [-0.2, 0) is 13.5 Å². The molecule has 16 heavy (non-hydrogen) atoms. The molecule has 1 aromatic rings. The average molecular weight is 222 g/mol. The van der Waals surface area contributed by atoms with Crippen molar-refractivity contribution in [2.45, 2.75) is 24.9 Å². The Balaban J connectivity index is 1.77. The Morgan fingerprint density at radius 1 is 1.56 bits per heavy atom. The standard InChI is InChI=1S/C11H18N4O/c1-14-8-10(12-13-14)6-11(16)3-5-15-4-2-9(11)7-15/h8-9,16H,2-7H2,1H3. The third kappa shape index (κ3) is 1.64. The Bertz CT molecular complexity index is 391. The quantitative estimate of drug-likeness (QED) is 0.754. The summed E-state index contributed by atoms with van der Waals surface area (Å²) in [7, 11) is 1.86. The second-order valence-electron chi connectivity index (χ2n) is 5.20. The van der Waals surface area contributed by atoms with E-state index < -0.39 is 5.60 Å². The molecule has 0 aromatic carbocycles. The first-order valence-corrected chi connectivity index (χ1v) is 5.96. The van der Waals surface area contributed by atoms with Gasteiger partial charge >= 0.3 is 0 Å². The lowest BCUT2D eigenvalue weighted by Crippen LogP contribution is -2.47. The molecule has 5 heteroatoms. The molecular formula is C11H18N4O. The molecule has 2 aliphatic rings. The zero-order chi connectivity index (χ0) is 11.2. The fourth-order valence-corrected chi connectivity index (χ4v) is 3.05. The van der Waals surface area contributed by atoms with Crippen molar-refractivity contribution in [3.8, 4) is 0 Å². The van der Waals surface area contributed by atoms with E-state index >= 15 is 0 Å². The van der Waals surface area contributed by atoms with Gasteiger partial charge in [-0.05, 0) is 19.4 Å². The Hall–Kier alpha value is -0.940. The maximum atomic E-state index is 10.7. The van der Waals surface area contributed by atoms with Gasteiger partial charge in [-0.3, -0.25) is 4.68 Å². The van der Waals surface area contributed by atoms with Gasteiger partial charge in [0.2, 0.25) is 0 Å². The summed E-state index contributed by atoms with van der Waals surface area (Å²) in [4.78, 5) is 2.44. The highest BCUT2D eigenvalue weighted by atomic mass is 16.3. The van der Waals surface area contributed by atoms with Crippen LogP contribution in [0.4, 0.5) is 0 Å². The normalized spacial score (nSPS) is 37.9. The van der Waals surface area contributed by atoms with Crippen LogP contribution in [0.25, 0.3) is 0 Å². The smallest absolute Gasteiger partial charge is 0.0855 e. The molecule has 2 bridgehead atoms. The number of aryl methyl sites for hydroxylation is 1. The summed E-state index contributed by atoms with van der Waals surface area (Å²) >= 11 is 0. The summed E-state index contributed by atoms with van der Waals surface area (Å²) in [5.74, 6) is 0.420. The Morgan fingerprint density at radius 3 is 3.19 bits per heavy atom. The van der Waals surface area contributed by atoms with E-state index in [9.17, 15) is 5.11 Å². The first-order chi connectivity index (χ1) is 7.66. The summed E-state index contributed by atoms with van der Waals surface area (Å²) in [6, 6.07) is 0. The maximum Gasteiger partial charge on any atom is 0.0855 e. The van der Waals surface area contributed by atoms with Crippen LogP contribution in [0.2, 0.25) is 0 Å². The number of aromatic nitrogens is 3. The van der Waals surface area contributed by atoms with E-state index in [0.29, 0.717) is 12.3 Å². The molecule has 0 spiro atoms. The Morgan fingerprint density at radius 2 is 2.44 bits per heavy atom. The van der Waals surface area contributed by atoms with Crippen LogP contribution in [0.3, 0.4) is 0 Å². The monoisotopic (exact) mass is 222 g/mol. The van der Waals surface area contributed by atoms with Crippen molar-refractivity contribution in [3.63, 3.8) is 0 Å². The van der Waals surface area contributed by atoms with Crippen molar-refractivity contribution in [1.82, 2.24) is 19.9 Å². The molecule has 2 aliphatic heterocycles. The topological polar surface area (TPSA) is 54.2 Å². The number of nitrogens with zero attached hydrogens (tertiary/aromatic N) is 4. The van der Waals surface area contributed by atoms with Crippen molar-refractivity contribution in [2.75, 3.05) is 19.6 Å². The molecular weight excluding hydrogens is 204 g/mol. The summed E-state index contributed by atoms with van der Waals surface area (Å²) in [5, 5.41) is 18.7. The number of piperidine rings is 1. The predicted octanol–water partition coefficient (Wildman–Crippen LogP) is -0.186. The lowest BCUT2D eigenvalue weighted by Gasteiger charge is -2.38. The van der Waals surface area contributed by atoms with E-state index in [-0.39, 0.29) is 0 Å². The second-order valence-corrected chi connectivity index (χ2v) is 5.20. The fraction of sp³-hybridized carbons (Fsp3) is 0.818. The van der Waals surface area contributed by atoms with Gasteiger partial charge in [-0.1, -0.05) is 5.21 Å². The molecule has 3 unspecified atom stereocenters. The van der Waals surface area contributed by atoms with Crippen molar-refractivity contribution >= 4 is 0 Å². The van der Waals surface area contributed by atoms with Crippen LogP contribution < -0.4 is 0 Å². The molecule has 1 N–H and O–H groups in total. The van der Waals surface area contributed by atoms with E-state index in [2.05, 4.69) is 15.2 Å². The van der Waals surface area contributed by atoms with Gasteiger partial charge in [0.1, 0.15) is 0 Å². The minimum absolute atomic E-state index is 0.420. The van der Waals surface area contributed by atoms with Crippen LogP contribution in [0.1, 0.15) is 18.5 Å². The van der Waals surface area contributed by atoms with Crippen LogP contribution in [-0.4, -0.2) is 50.2 Å². The lowest BCUT2D eigenvalue weighted by molar-refractivity contribution is -0.0445. The first kappa shape index (κ1) is 10.2. The predicted molar refractivity (Wildman–Crippen MR) is 58.8 cm³/mol. The SMILES string of the molecule is Cn1cc(CC2(O)CCN3CCC2C3)nn1. The third-order valence-corrected chi connectivity index (χ3v) is 4.03. The zero-order valence-corrected chi connectivity index (χ0v) is 9.63. The fourth-order valence-electron chi connectivity index (χ4n) is 3.05. The number of hydrogen-bond acceptors (Lipinski definition) is 4. The van der Waals surface area contributed by atoms with Crippen LogP contribution in [0, 0.1) is 5.92 Å². The molecule has 2 fully saturated rings. The Kier molecular flexibility index (Phi) is 2.26. The van der Waals surface area contributed by atoms with Gasteiger partial charge < -0.3 is 10.0 Å². The minimum atomic E-state index is -0.553. The molecule has 3 rings (SSSR count). The first-order valence-electron chi connectivity index (χ1n) is 5.96. The second kappa shape index (κ2) is 3.53. The molecule has 0 saturated carbocycles. The van der Waals surface area contributed by atoms with Crippen LogP contribution >= 0.6 is 0 Å². The van der Waals surface area contributed by atoms with Gasteiger partial charge in [-0.2, -0.15) is 0 Å². The molecule has 5 nitrogen and oxygen atoms in total. The number of aliphatic hydroxyl groups is 1. The van der Waals surface area contributed by atoms with Gasteiger partial charge in [0.15, 0.2) is 0 Å². The summed E-state index contributed by atoms with van der Waals surface area (Å²) in [5.41, 5.74) is 0.355. The highest BCUT2D eigenvalue weighted by molar-refractivity contribution is 5.06. The van der Waals surface area contributed by atoms with Gasteiger partial charge in [0.05, 0.1) is 11.3 Å². The number of rotatable bonds is 2. The number of hydrogen-bond donors (Lipinski definition) is 1. The molecule has 1 aromatic heterocycles. The van der Waals surface area contributed by atoms with Crippen LogP contribution in [0.15, 0.2) is 6.20 Å². The molecule has 2 saturated heterocycles. The molecule has 3 atom stereocenters. The lowest BCUT2D eigenvalue weighted by atomic mass is 9.79.